The number of allylic oxidation sites excluding steroid dienone is 2. The first kappa shape index (κ1) is 33.0. The van der Waals surface area contributed by atoms with Gasteiger partial charge < -0.3 is 5.11 Å². The Bertz CT molecular complexity index is 1950. The van der Waals surface area contributed by atoms with Crippen LogP contribution in [0.15, 0.2) is 84.4 Å². The number of halogens is 4. The molecule has 3 aromatic rings. The average molecular weight is 721 g/mol. The summed E-state index contributed by atoms with van der Waals surface area (Å²) in [6.07, 6.45) is 2.99. The molecule has 0 bridgehead atoms. The van der Waals surface area contributed by atoms with Gasteiger partial charge in [0.2, 0.25) is 11.8 Å². The van der Waals surface area contributed by atoms with Crippen molar-refractivity contribution < 1.29 is 33.1 Å². The zero-order chi connectivity index (χ0) is 35.1. The minimum atomic E-state index is -2.18. The van der Waals surface area contributed by atoms with E-state index >= 15 is 0 Å². The molecule has 258 valence electrons. The molecule has 4 amide bonds. The van der Waals surface area contributed by atoms with Crippen LogP contribution < -0.4 is 4.90 Å². The van der Waals surface area contributed by atoms with E-state index in [9.17, 15) is 33.1 Å². The number of hydrogen-bond donors (Lipinski definition) is 1. The van der Waals surface area contributed by atoms with E-state index in [4.69, 9.17) is 23.2 Å². The Kier molecular flexibility index (Phi) is 7.93. The number of likely N-dealkylation sites (tertiary alicyclic amines) is 2. The molecule has 3 aliphatic heterocycles. The molecule has 3 aromatic carbocycles. The van der Waals surface area contributed by atoms with Crippen LogP contribution in [0.1, 0.15) is 42.7 Å². The molecule has 50 heavy (non-hydrogen) atoms. The maximum atomic E-state index is 15.0. The van der Waals surface area contributed by atoms with Crippen molar-refractivity contribution in [2.24, 2.45) is 17.8 Å². The second-order valence-electron chi connectivity index (χ2n) is 14.0. The summed E-state index contributed by atoms with van der Waals surface area (Å²) in [6.45, 7) is 2.19. The third-order valence-corrected chi connectivity index (χ3v) is 12.8. The zero-order valence-electron chi connectivity index (χ0n) is 26.8. The molecule has 1 saturated carbocycles. The van der Waals surface area contributed by atoms with Crippen LogP contribution in [0.25, 0.3) is 0 Å². The molecule has 4 fully saturated rings. The highest BCUT2D eigenvalue weighted by molar-refractivity contribution is 6.58. The predicted molar refractivity (Wildman–Crippen MR) is 181 cm³/mol. The summed E-state index contributed by atoms with van der Waals surface area (Å²) in [7, 11) is 0. The first-order chi connectivity index (χ1) is 23.9. The molecule has 3 heterocycles. The largest absolute Gasteiger partial charge is 0.505 e. The number of phenolic OH excluding ortho intramolecular Hbond substituents is 1. The van der Waals surface area contributed by atoms with Gasteiger partial charge in [-0.2, -0.15) is 0 Å². The molecule has 0 spiro atoms. The minimum absolute atomic E-state index is 0.0539. The summed E-state index contributed by atoms with van der Waals surface area (Å²) < 4.78 is 28.8. The highest BCUT2D eigenvalue weighted by Gasteiger charge is 2.76. The molecule has 2 aliphatic carbocycles. The molecule has 1 N–H and O–H groups in total. The number of anilines is 1. The van der Waals surface area contributed by atoms with Gasteiger partial charge in [0, 0.05) is 31.6 Å². The number of carbonyl (C=O) groups is 4. The maximum absolute atomic E-state index is 15.0. The molecule has 12 heteroatoms. The van der Waals surface area contributed by atoms with Crippen LogP contribution >= 0.6 is 23.2 Å². The standard InChI is InChI=1S/C38H33Cl2F2N3O5/c39-37-19-28-26(11-12-27-31(28)34(48)44(33(27)47)25-14-16-43(17-15-25)20-21-4-2-1-3-5-21)32(22-6-13-30(46)29(42)18-22)38(37,40)36(50)45(35(37)49)24-9-7-23(41)8-10-24/h1-11,13,18,25,27-28,31-32,46H,12,14-17,19-20H2/t27-,28+,31-,32-,37+,38-/m0/s1. The van der Waals surface area contributed by atoms with E-state index in [1.165, 1.54) is 28.7 Å². The minimum Gasteiger partial charge on any atom is -0.505 e. The molecular weight excluding hydrogens is 687 g/mol. The third-order valence-electron chi connectivity index (χ3n) is 11.4. The molecule has 6 atom stereocenters. The summed E-state index contributed by atoms with van der Waals surface area (Å²) in [5, 5.41) is 10.0. The van der Waals surface area contributed by atoms with E-state index in [-0.39, 0.29) is 41.9 Å². The molecule has 0 aromatic heterocycles. The van der Waals surface area contributed by atoms with Gasteiger partial charge in [0.05, 0.1) is 17.5 Å². The van der Waals surface area contributed by atoms with Crippen LogP contribution in [-0.2, 0) is 25.7 Å². The SMILES string of the molecule is O=C1[C@H]2[C@H](CC=C3[C@H]2C[C@@]2(Cl)C(=O)N(c4ccc(F)cc4)C(=O)[C@@]2(Cl)[C@H]3c2ccc(O)c(F)c2)C(=O)N1C1CCN(Cc2ccccc2)CC1. The van der Waals surface area contributed by atoms with Gasteiger partial charge in [0.25, 0.3) is 11.8 Å². The lowest BCUT2D eigenvalue weighted by Crippen LogP contribution is -2.60. The van der Waals surface area contributed by atoms with Gasteiger partial charge in [0.15, 0.2) is 21.3 Å². The third kappa shape index (κ3) is 4.78. The first-order valence-electron chi connectivity index (χ1n) is 16.8. The normalized spacial score (nSPS) is 31.5. The molecule has 8 rings (SSSR count). The van der Waals surface area contributed by atoms with E-state index in [2.05, 4.69) is 17.0 Å². The van der Waals surface area contributed by atoms with Crippen molar-refractivity contribution >= 4 is 52.5 Å². The first-order valence-corrected chi connectivity index (χ1v) is 17.5. The van der Waals surface area contributed by atoms with Gasteiger partial charge in [-0.3, -0.25) is 29.0 Å². The summed E-state index contributed by atoms with van der Waals surface area (Å²) in [6, 6.07) is 18.1. The number of alkyl halides is 2. The Hall–Kier alpha value is -4.12. The summed E-state index contributed by atoms with van der Waals surface area (Å²) in [5.41, 5.74) is 1.94. The van der Waals surface area contributed by atoms with E-state index in [1.54, 1.807) is 6.08 Å². The maximum Gasteiger partial charge on any atom is 0.258 e. The fraction of sp³-hybridized carbons (Fsp3) is 0.368. The number of phenols is 1. The lowest BCUT2D eigenvalue weighted by molar-refractivity contribution is -0.144. The van der Waals surface area contributed by atoms with E-state index in [0.717, 1.165) is 35.7 Å². The van der Waals surface area contributed by atoms with Crippen molar-refractivity contribution in [3.05, 3.63) is 107 Å². The van der Waals surface area contributed by atoms with Gasteiger partial charge in [-0.05, 0) is 79.1 Å². The van der Waals surface area contributed by atoms with Crippen molar-refractivity contribution in [2.45, 2.75) is 53.9 Å². The Balaban J connectivity index is 1.15. The molecular formula is C38H33Cl2F2N3O5. The van der Waals surface area contributed by atoms with Crippen molar-refractivity contribution in [1.82, 2.24) is 9.80 Å². The summed E-state index contributed by atoms with van der Waals surface area (Å²) >= 11 is 14.7. The second-order valence-corrected chi connectivity index (χ2v) is 15.2. The fourth-order valence-electron chi connectivity index (χ4n) is 9.04. The van der Waals surface area contributed by atoms with E-state index in [1.807, 2.05) is 18.2 Å². The number of nitrogens with zero attached hydrogens (tertiary/aromatic N) is 3. The Morgan fingerprint density at radius 2 is 1.54 bits per heavy atom. The van der Waals surface area contributed by atoms with Crippen LogP contribution in [0, 0.1) is 29.4 Å². The number of piperidine rings is 1. The molecule has 0 radical (unpaired) electrons. The molecule has 0 unspecified atom stereocenters. The van der Waals surface area contributed by atoms with Crippen molar-refractivity contribution in [3.8, 4) is 5.75 Å². The summed E-state index contributed by atoms with van der Waals surface area (Å²) in [4.78, 5) is 57.5. The highest BCUT2D eigenvalue weighted by atomic mass is 35.5. The number of carbonyl (C=O) groups excluding carboxylic acids is 4. The number of fused-ring (bicyclic) bond motifs is 4. The van der Waals surface area contributed by atoms with Gasteiger partial charge in [0.1, 0.15) is 5.82 Å². The van der Waals surface area contributed by atoms with Gasteiger partial charge in [-0.1, -0.05) is 48.0 Å². The van der Waals surface area contributed by atoms with Crippen molar-refractivity contribution in [1.29, 1.82) is 0 Å². The van der Waals surface area contributed by atoms with E-state index < -0.39 is 62.6 Å². The smallest absolute Gasteiger partial charge is 0.258 e. The number of aromatic hydroxyl groups is 1. The van der Waals surface area contributed by atoms with Gasteiger partial charge >= 0.3 is 0 Å². The lowest BCUT2D eigenvalue weighted by atomic mass is 9.56. The van der Waals surface area contributed by atoms with E-state index in [0.29, 0.717) is 31.5 Å². The van der Waals surface area contributed by atoms with Crippen LogP contribution in [0.2, 0.25) is 0 Å². The topological polar surface area (TPSA) is 98.2 Å². The van der Waals surface area contributed by atoms with Crippen LogP contribution in [-0.4, -0.2) is 67.4 Å². The molecule has 3 saturated heterocycles. The Morgan fingerprint density at radius 3 is 2.22 bits per heavy atom. The quantitative estimate of drug-likeness (QED) is 0.201. The molecule has 8 nitrogen and oxygen atoms in total. The number of rotatable bonds is 5. The number of imide groups is 2. The monoisotopic (exact) mass is 719 g/mol. The van der Waals surface area contributed by atoms with Crippen molar-refractivity contribution in [2.75, 3.05) is 18.0 Å². The second kappa shape index (κ2) is 12.0. The summed E-state index contributed by atoms with van der Waals surface area (Å²) in [5.74, 6) is -8.04. The fourth-order valence-corrected chi connectivity index (χ4v) is 9.97. The number of benzene rings is 3. The lowest BCUT2D eigenvalue weighted by Gasteiger charge is -2.50. The van der Waals surface area contributed by atoms with Crippen LogP contribution in [0.5, 0.6) is 5.75 Å². The predicted octanol–water partition coefficient (Wildman–Crippen LogP) is 5.90. The van der Waals surface area contributed by atoms with Crippen molar-refractivity contribution in [3.63, 3.8) is 0 Å². The Labute approximate surface area is 297 Å². The van der Waals surface area contributed by atoms with Crippen LogP contribution in [0.4, 0.5) is 14.5 Å². The number of hydrogen-bond acceptors (Lipinski definition) is 6. The zero-order valence-corrected chi connectivity index (χ0v) is 28.3. The Morgan fingerprint density at radius 1 is 0.840 bits per heavy atom. The van der Waals surface area contributed by atoms with Gasteiger partial charge in [-0.15, -0.1) is 23.2 Å². The average Bonchev–Trinajstić information content (AvgIpc) is 3.45. The molecule has 5 aliphatic rings. The van der Waals surface area contributed by atoms with Gasteiger partial charge in [-0.25, -0.2) is 13.7 Å². The van der Waals surface area contributed by atoms with Crippen LogP contribution in [0.3, 0.4) is 0 Å². The number of amides is 4. The highest BCUT2D eigenvalue weighted by Crippen LogP contribution is 2.66.